The van der Waals surface area contributed by atoms with Gasteiger partial charge in [-0.3, -0.25) is 9.59 Å². The van der Waals surface area contributed by atoms with E-state index >= 15 is 0 Å². The van der Waals surface area contributed by atoms with Crippen LogP contribution >= 0.6 is 0 Å². The summed E-state index contributed by atoms with van der Waals surface area (Å²) in [6.45, 7) is 7.53. The first-order valence-electron chi connectivity index (χ1n) is 5.06. The third-order valence-corrected chi connectivity index (χ3v) is 2.89. The maximum atomic E-state index is 11.9. The summed E-state index contributed by atoms with van der Waals surface area (Å²) in [7, 11) is 1.44. The maximum absolute atomic E-state index is 11.9. The van der Waals surface area contributed by atoms with Gasteiger partial charge in [-0.2, -0.15) is 0 Å². The van der Waals surface area contributed by atoms with Crippen LogP contribution in [0, 0.1) is 11.3 Å². The number of methoxy groups -OCH3 is 1. The van der Waals surface area contributed by atoms with E-state index in [2.05, 4.69) is 6.58 Å². The molecule has 0 heterocycles. The third-order valence-electron chi connectivity index (χ3n) is 2.89. The fraction of sp³-hybridized carbons (Fsp3) is 0.385. The van der Waals surface area contributed by atoms with E-state index in [4.69, 9.17) is 4.74 Å². The van der Waals surface area contributed by atoms with Gasteiger partial charge in [-0.05, 0) is 5.41 Å². The smallest absolute Gasteiger partial charge is 0.167 e. The molecule has 0 fully saturated rings. The number of hydrogen-bond donors (Lipinski definition) is 0. The van der Waals surface area contributed by atoms with E-state index in [0.29, 0.717) is 17.6 Å². The van der Waals surface area contributed by atoms with Crippen LogP contribution in [0.5, 0.6) is 0 Å². The molecule has 0 aromatic heterocycles. The summed E-state index contributed by atoms with van der Waals surface area (Å²) in [5, 5.41) is 0. The van der Waals surface area contributed by atoms with Crippen molar-refractivity contribution in [3.8, 4) is 0 Å². The van der Waals surface area contributed by atoms with Gasteiger partial charge in [0.15, 0.2) is 12.1 Å². The van der Waals surface area contributed by atoms with Crippen molar-refractivity contribution in [1.82, 2.24) is 0 Å². The Labute approximate surface area is 95.5 Å². The molecule has 0 aromatic carbocycles. The molecule has 16 heavy (non-hydrogen) atoms. The van der Waals surface area contributed by atoms with Crippen molar-refractivity contribution in [2.45, 2.75) is 13.8 Å². The highest BCUT2D eigenvalue weighted by molar-refractivity contribution is 5.99. The molecule has 1 aliphatic carbocycles. The van der Waals surface area contributed by atoms with Crippen LogP contribution in [0.2, 0.25) is 0 Å². The lowest BCUT2D eigenvalue weighted by atomic mass is 9.74. The number of allylic oxidation sites excluding steroid dienone is 4. The predicted octanol–water partition coefficient (Wildman–Crippen LogP) is 2.05. The van der Waals surface area contributed by atoms with Gasteiger partial charge in [0, 0.05) is 12.0 Å². The lowest BCUT2D eigenvalue weighted by Crippen LogP contribution is -2.29. The Kier molecular flexibility index (Phi) is 3.48. The topological polar surface area (TPSA) is 43.4 Å². The minimum Gasteiger partial charge on any atom is -0.496 e. The van der Waals surface area contributed by atoms with Gasteiger partial charge in [-0.15, -0.1) is 6.58 Å². The van der Waals surface area contributed by atoms with Crippen LogP contribution in [0.15, 0.2) is 36.1 Å². The molecule has 1 aliphatic rings. The van der Waals surface area contributed by atoms with Crippen LogP contribution in [0.3, 0.4) is 0 Å². The Morgan fingerprint density at radius 1 is 1.50 bits per heavy atom. The maximum Gasteiger partial charge on any atom is 0.167 e. The van der Waals surface area contributed by atoms with Crippen molar-refractivity contribution in [1.29, 1.82) is 0 Å². The van der Waals surface area contributed by atoms with E-state index in [-0.39, 0.29) is 17.1 Å². The first-order valence-corrected chi connectivity index (χ1v) is 5.06. The van der Waals surface area contributed by atoms with Crippen LogP contribution in [0.25, 0.3) is 0 Å². The van der Waals surface area contributed by atoms with Gasteiger partial charge >= 0.3 is 0 Å². The molecule has 0 amide bonds. The lowest BCUT2D eigenvalue weighted by Gasteiger charge is -2.29. The van der Waals surface area contributed by atoms with E-state index in [9.17, 15) is 9.59 Å². The molecule has 3 nitrogen and oxygen atoms in total. The summed E-state index contributed by atoms with van der Waals surface area (Å²) in [4.78, 5) is 22.7. The number of rotatable bonds is 4. The molecule has 0 spiro atoms. The zero-order chi connectivity index (χ0) is 12.3. The van der Waals surface area contributed by atoms with Gasteiger partial charge in [-0.1, -0.05) is 26.0 Å². The first-order chi connectivity index (χ1) is 7.46. The van der Waals surface area contributed by atoms with Crippen LogP contribution in [0.4, 0.5) is 0 Å². The summed E-state index contributed by atoms with van der Waals surface area (Å²) in [6, 6.07) is 0. The molecule has 1 rings (SSSR count). The first kappa shape index (κ1) is 12.4. The Hall–Kier alpha value is -1.64. The quantitative estimate of drug-likeness (QED) is 0.538. The molecule has 3 heteroatoms. The standard InChI is InChI=1S/C13H16O3/c1-5-13(2,3)10-6-9(8-14)12(16-4)7-11(10)15/h5-8,10H,1H2,2-4H3. The molecule has 1 atom stereocenters. The molecule has 0 N–H and O–H groups in total. The number of carbonyl (C=O) groups excluding carboxylic acids is 2. The van der Waals surface area contributed by atoms with E-state index in [0.717, 1.165) is 0 Å². The Morgan fingerprint density at radius 3 is 2.56 bits per heavy atom. The van der Waals surface area contributed by atoms with Crippen molar-refractivity contribution < 1.29 is 14.3 Å². The highest BCUT2D eigenvalue weighted by atomic mass is 16.5. The summed E-state index contributed by atoms with van der Waals surface area (Å²) >= 11 is 0. The zero-order valence-corrected chi connectivity index (χ0v) is 9.82. The third kappa shape index (κ3) is 2.13. The van der Waals surface area contributed by atoms with E-state index < -0.39 is 0 Å². The summed E-state index contributed by atoms with van der Waals surface area (Å²) in [6.07, 6.45) is 5.45. The fourth-order valence-electron chi connectivity index (χ4n) is 1.63. The van der Waals surface area contributed by atoms with E-state index in [1.54, 1.807) is 12.2 Å². The van der Waals surface area contributed by atoms with Crippen molar-refractivity contribution in [2.75, 3.05) is 7.11 Å². The zero-order valence-electron chi connectivity index (χ0n) is 9.82. The molecule has 0 radical (unpaired) electrons. The van der Waals surface area contributed by atoms with Gasteiger partial charge in [0.1, 0.15) is 5.76 Å². The van der Waals surface area contributed by atoms with Crippen LogP contribution in [0.1, 0.15) is 13.8 Å². The largest absolute Gasteiger partial charge is 0.496 e. The Morgan fingerprint density at radius 2 is 2.12 bits per heavy atom. The van der Waals surface area contributed by atoms with Crippen molar-refractivity contribution in [3.05, 3.63) is 36.1 Å². The molecular weight excluding hydrogens is 204 g/mol. The van der Waals surface area contributed by atoms with Crippen molar-refractivity contribution in [3.63, 3.8) is 0 Å². The average Bonchev–Trinajstić information content (AvgIpc) is 2.28. The molecule has 86 valence electrons. The second-order valence-electron chi connectivity index (χ2n) is 4.36. The SMILES string of the molecule is C=CC(C)(C)C1C=C(C=O)C(OC)=CC1=O. The van der Waals surface area contributed by atoms with Gasteiger partial charge in [0.2, 0.25) is 0 Å². The Bertz CT molecular complexity index is 386. The van der Waals surface area contributed by atoms with Gasteiger partial charge in [0.05, 0.1) is 12.7 Å². The summed E-state index contributed by atoms with van der Waals surface area (Å²) in [5.74, 6) is -0.0902. The van der Waals surface area contributed by atoms with Crippen LogP contribution in [-0.4, -0.2) is 19.2 Å². The normalized spacial score (nSPS) is 20.9. The minimum atomic E-state index is -0.374. The molecule has 0 saturated carbocycles. The molecule has 0 bridgehead atoms. The average molecular weight is 220 g/mol. The summed E-state index contributed by atoms with van der Waals surface area (Å²) in [5.41, 5.74) is 0.0446. The van der Waals surface area contributed by atoms with Crippen LogP contribution in [-0.2, 0) is 14.3 Å². The van der Waals surface area contributed by atoms with Crippen molar-refractivity contribution >= 4 is 12.1 Å². The van der Waals surface area contributed by atoms with Crippen LogP contribution < -0.4 is 0 Å². The molecule has 0 saturated heterocycles. The minimum absolute atomic E-state index is 0.0626. The number of ether oxygens (including phenoxy) is 1. The highest BCUT2D eigenvalue weighted by Gasteiger charge is 2.33. The highest BCUT2D eigenvalue weighted by Crippen LogP contribution is 2.34. The number of hydrogen-bond acceptors (Lipinski definition) is 3. The second kappa shape index (κ2) is 4.47. The predicted molar refractivity (Wildman–Crippen MR) is 61.7 cm³/mol. The monoisotopic (exact) mass is 220 g/mol. The van der Waals surface area contributed by atoms with E-state index in [1.165, 1.54) is 13.2 Å². The molecular formula is C13H16O3. The molecule has 1 unspecified atom stereocenters. The van der Waals surface area contributed by atoms with Gasteiger partial charge in [0.25, 0.3) is 0 Å². The number of ketones is 1. The van der Waals surface area contributed by atoms with Gasteiger partial charge < -0.3 is 4.74 Å². The number of aldehydes is 1. The summed E-state index contributed by atoms with van der Waals surface area (Å²) < 4.78 is 4.97. The lowest BCUT2D eigenvalue weighted by molar-refractivity contribution is -0.119. The fourth-order valence-corrected chi connectivity index (χ4v) is 1.63. The van der Waals surface area contributed by atoms with Gasteiger partial charge in [-0.25, -0.2) is 0 Å². The second-order valence-corrected chi connectivity index (χ2v) is 4.36. The van der Waals surface area contributed by atoms with Crippen molar-refractivity contribution in [2.24, 2.45) is 11.3 Å². The molecule has 0 aromatic rings. The Balaban J connectivity index is 3.15. The molecule has 0 aliphatic heterocycles. The van der Waals surface area contributed by atoms with E-state index in [1.807, 2.05) is 13.8 Å². The number of carbonyl (C=O) groups is 2.